The molecule has 0 radical (unpaired) electrons. The lowest BCUT2D eigenvalue weighted by atomic mass is 9.77. The van der Waals surface area contributed by atoms with Crippen LogP contribution in [0.15, 0.2) is 42.5 Å². The number of alkyl halides is 6. The highest BCUT2D eigenvalue weighted by molar-refractivity contribution is 5.85. The summed E-state index contributed by atoms with van der Waals surface area (Å²) in [5.41, 5.74) is -1.10. The molecule has 5 rings (SSSR count). The second-order valence-corrected chi connectivity index (χ2v) is 11.8. The van der Waals surface area contributed by atoms with Crippen LogP contribution in [0.25, 0.3) is 0 Å². The van der Waals surface area contributed by atoms with Crippen LogP contribution in [0, 0.1) is 18.8 Å². The highest BCUT2D eigenvalue weighted by Crippen LogP contribution is 2.41. The van der Waals surface area contributed by atoms with Crippen LogP contribution in [0.3, 0.4) is 0 Å². The lowest BCUT2D eigenvalue weighted by Gasteiger charge is -2.42. The van der Waals surface area contributed by atoms with Crippen LogP contribution in [0.2, 0.25) is 0 Å². The molecule has 2 aromatic carbocycles. The average Bonchev–Trinajstić information content (AvgIpc) is 3.80. The number of piperidine rings is 2. The Morgan fingerprint density at radius 1 is 0.907 bits per heavy atom. The molecule has 3 fully saturated rings. The normalized spacial score (nSPS) is 21.7. The summed E-state index contributed by atoms with van der Waals surface area (Å²) < 4.78 is 81.1. The molecule has 2 aliphatic heterocycles. The molecule has 2 heterocycles. The highest BCUT2D eigenvalue weighted by atomic mass is 35.5. The van der Waals surface area contributed by atoms with Gasteiger partial charge >= 0.3 is 12.4 Å². The van der Waals surface area contributed by atoms with Crippen molar-refractivity contribution in [2.24, 2.45) is 11.8 Å². The number of likely N-dealkylation sites (tertiary alicyclic amines) is 1. The minimum Gasteiger partial charge on any atom is -0.342 e. The molecule has 1 N–H and O–H groups in total. The number of hydrogen-bond donors (Lipinski definition) is 1. The van der Waals surface area contributed by atoms with E-state index in [0.717, 1.165) is 37.1 Å². The summed E-state index contributed by atoms with van der Waals surface area (Å²) >= 11 is 0. The number of hydrogen-bond acceptors (Lipinski definition) is 3. The minimum absolute atomic E-state index is 0. The number of carbonyl (C=O) groups is 2. The first kappa shape index (κ1) is 33.1. The average molecular weight is 632 g/mol. The second-order valence-electron chi connectivity index (χ2n) is 11.8. The summed E-state index contributed by atoms with van der Waals surface area (Å²) in [5, 5.41) is 3.26. The molecule has 5 nitrogen and oxygen atoms in total. The molecule has 2 amide bonds. The number of nitrogens with one attached hydrogen (secondary N) is 1. The van der Waals surface area contributed by atoms with Crippen molar-refractivity contribution in [1.82, 2.24) is 15.1 Å². The predicted molar refractivity (Wildman–Crippen MR) is 151 cm³/mol. The first-order chi connectivity index (χ1) is 19.8. The molecule has 2 aromatic rings. The van der Waals surface area contributed by atoms with Gasteiger partial charge < -0.3 is 15.1 Å². The van der Waals surface area contributed by atoms with E-state index >= 15 is 0 Å². The number of halogens is 7. The Morgan fingerprint density at radius 2 is 1.51 bits per heavy atom. The van der Waals surface area contributed by atoms with Gasteiger partial charge in [-0.05, 0) is 87.0 Å². The second kappa shape index (κ2) is 13.1. The van der Waals surface area contributed by atoms with Gasteiger partial charge in [0.25, 0.3) is 0 Å². The molecule has 0 aromatic heterocycles. The third-order valence-electron chi connectivity index (χ3n) is 8.79. The first-order valence-corrected chi connectivity index (χ1v) is 14.5. The summed E-state index contributed by atoms with van der Waals surface area (Å²) in [5.74, 6) is -1.19. The van der Waals surface area contributed by atoms with Crippen molar-refractivity contribution in [3.63, 3.8) is 0 Å². The van der Waals surface area contributed by atoms with E-state index in [2.05, 4.69) is 5.32 Å². The molecule has 1 saturated carbocycles. The van der Waals surface area contributed by atoms with Crippen molar-refractivity contribution in [2.45, 2.75) is 69.9 Å². The molecule has 0 spiro atoms. The maximum atomic E-state index is 14.2. The van der Waals surface area contributed by atoms with Crippen molar-refractivity contribution in [3.05, 3.63) is 70.3 Å². The van der Waals surface area contributed by atoms with E-state index in [1.165, 1.54) is 4.90 Å². The lowest BCUT2D eigenvalue weighted by Crippen LogP contribution is -2.51. The fourth-order valence-electron chi connectivity index (χ4n) is 6.39. The molecule has 3 aliphatic rings. The lowest BCUT2D eigenvalue weighted by molar-refractivity contribution is -0.145. The summed E-state index contributed by atoms with van der Waals surface area (Å²) in [6.45, 7) is 3.85. The SMILES string of the molecule is Cc1ccccc1[C@@H]1CN(C(=O)C2CCNCC2)CC[C@H]1C(=O)N(Cc1cc(C(F)(F)F)cc(C(F)(F)F)c1)C1CC1.Cl. The van der Waals surface area contributed by atoms with Crippen LogP contribution in [-0.4, -0.2) is 53.8 Å². The monoisotopic (exact) mass is 631 g/mol. The van der Waals surface area contributed by atoms with Gasteiger partial charge in [-0.1, -0.05) is 24.3 Å². The van der Waals surface area contributed by atoms with Crippen molar-refractivity contribution < 1.29 is 35.9 Å². The summed E-state index contributed by atoms with van der Waals surface area (Å²) in [7, 11) is 0. The zero-order valence-electron chi connectivity index (χ0n) is 23.8. The van der Waals surface area contributed by atoms with Crippen LogP contribution in [0.4, 0.5) is 26.3 Å². The van der Waals surface area contributed by atoms with E-state index in [0.29, 0.717) is 44.5 Å². The molecule has 2 atom stereocenters. The molecule has 1 aliphatic carbocycles. The predicted octanol–water partition coefficient (Wildman–Crippen LogP) is 6.58. The van der Waals surface area contributed by atoms with E-state index in [1.54, 1.807) is 0 Å². The minimum atomic E-state index is -4.96. The maximum absolute atomic E-state index is 14.2. The molecule has 43 heavy (non-hydrogen) atoms. The molecule has 2 saturated heterocycles. The Balaban J connectivity index is 0.00000423. The largest absolute Gasteiger partial charge is 0.416 e. The molecule has 236 valence electrons. The Kier molecular flexibility index (Phi) is 10.1. The quantitative estimate of drug-likeness (QED) is 0.367. The standard InChI is InChI=1S/C31H35F6N3O2.ClH/c1-19-4-2-3-5-25(19)27-18-39(28(41)21-8-11-38-12-9-21)13-10-26(27)29(42)40(24-6-7-24)17-20-14-22(30(32,33)34)16-23(15-20)31(35,36)37;/h2-5,14-16,21,24,26-27,38H,6-13,17-18H2,1H3;1H/t26-,27+;/m1./s1. The van der Waals surface area contributed by atoms with E-state index in [9.17, 15) is 35.9 Å². The van der Waals surface area contributed by atoms with Gasteiger partial charge in [-0.2, -0.15) is 26.3 Å². The molecule has 0 bridgehead atoms. The van der Waals surface area contributed by atoms with Crippen LogP contribution in [0.1, 0.15) is 65.8 Å². The Bertz CT molecular complexity index is 1270. The highest BCUT2D eigenvalue weighted by Gasteiger charge is 2.44. The van der Waals surface area contributed by atoms with Crippen LogP contribution >= 0.6 is 12.4 Å². The van der Waals surface area contributed by atoms with Gasteiger partial charge in [0.05, 0.1) is 11.1 Å². The van der Waals surface area contributed by atoms with E-state index in [-0.39, 0.29) is 60.3 Å². The van der Waals surface area contributed by atoms with E-state index < -0.39 is 29.4 Å². The third-order valence-corrected chi connectivity index (χ3v) is 8.79. The summed E-state index contributed by atoms with van der Waals surface area (Å²) in [4.78, 5) is 30.9. The molecular weight excluding hydrogens is 596 g/mol. The number of rotatable bonds is 6. The molecular formula is C31H36ClF6N3O2. The summed E-state index contributed by atoms with van der Waals surface area (Å²) in [6.07, 6.45) is -6.79. The van der Waals surface area contributed by atoms with Gasteiger partial charge in [0, 0.05) is 43.4 Å². The third kappa shape index (κ3) is 7.66. The zero-order chi connectivity index (χ0) is 30.2. The summed E-state index contributed by atoms with van der Waals surface area (Å²) in [6, 6.07) is 8.90. The van der Waals surface area contributed by atoms with Gasteiger partial charge in [-0.3, -0.25) is 9.59 Å². The van der Waals surface area contributed by atoms with E-state index in [4.69, 9.17) is 0 Å². The molecule has 0 unspecified atom stereocenters. The van der Waals surface area contributed by atoms with Crippen LogP contribution in [-0.2, 0) is 28.5 Å². The van der Waals surface area contributed by atoms with Crippen LogP contribution in [0.5, 0.6) is 0 Å². The maximum Gasteiger partial charge on any atom is 0.416 e. The van der Waals surface area contributed by atoms with Crippen molar-refractivity contribution in [2.75, 3.05) is 26.2 Å². The number of benzene rings is 2. The number of nitrogens with zero attached hydrogens (tertiary/aromatic N) is 2. The fourth-order valence-corrected chi connectivity index (χ4v) is 6.39. The number of carbonyl (C=O) groups excluding carboxylic acids is 2. The van der Waals surface area contributed by atoms with Gasteiger partial charge in [0.15, 0.2) is 0 Å². The van der Waals surface area contributed by atoms with Gasteiger partial charge in [0.1, 0.15) is 0 Å². The van der Waals surface area contributed by atoms with Crippen LogP contribution < -0.4 is 5.32 Å². The van der Waals surface area contributed by atoms with Crippen molar-refractivity contribution in [1.29, 1.82) is 0 Å². The first-order valence-electron chi connectivity index (χ1n) is 14.5. The number of aryl methyl sites for hydroxylation is 1. The Hall–Kier alpha value is -2.79. The van der Waals surface area contributed by atoms with Gasteiger partial charge in [-0.15, -0.1) is 12.4 Å². The van der Waals surface area contributed by atoms with E-state index in [1.807, 2.05) is 36.1 Å². The van der Waals surface area contributed by atoms with Gasteiger partial charge in [0.2, 0.25) is 11.8 Å². The number of amides is 2. The fraction of sp³-hybridized carbons (Fsp3) is 0.548. The van der Waals surface area contributed by atoms with Crippen molar-refractivity contribution >= 4 is 24.2 Å². The Labute approximate surface area is 253 Å². The zero-order valence-corrected chi connectivity index (χ0v) is 24.6. The van der Waals surface area contributed by atoms with Crippen molar-refractivity contribution in [3.8, 4) is 0 Å². The van der Waals surface area contributed by atoms with Gasteiger partial charge in [-0.25, -0.2) is 0 Å². The topological polar surface area (TPSA) is 52.7 Å². The molecule has 12 heteroatoms. The smallest absolute Gasteiger partial charge is 0.342 e. The Morgan fingerprint density at radius 3 is 2.07 bits per heavy atom.